The van der Waals surface area contributed by atoms with Crippen LogP contribution in [0.5, 0.6) is 0 Å². The van der Waals surface area contributed by atoms with E-state index in [4.69, 9.17) is 5.11 Å². The maximum Gasteiger partial charge on any atom is 0.333 e. The summed E-state index contributed by atoms with van der Waals surface area (Å²) in [5, 5.41) is 7.89. The van der Waals surface area contributed by atoms with E-state index < -0.39 is 11.9 Å². The van der Waals surface area contributed by atoms with E-state index >= 15 is 0 Å². The number of nitrogens with zero attached hydrogens (tertiary/aromatic N) is 1. The quantitative estimate of drug-likeness (QED) is 0.346. The highest BCUT2D eigenvalue weighted by atomic mass is 16.5. The monoisotopic (exact) mass is 255 g/mol. The highest BCUT2D eigenvalue weighted by molar-refractivity contribution is 5.88. The number of carboxylic acids is 1. The summed E-state index contributed by atoms with van der Waals surface area (Å²) in [6, 6.07) is 0. The van der Waals surface area contributed by atoms with E-state index in [0.717, 1.165) is 0 Å². The summed E-state index contributed by atoms with van der Waals surface area (Å²) in [6.07, 6.45) is 1.39. The molecule has 1 N–H and O–H groups in total. The van der Waals surface area contributed by atoms with Crippen LogP contribution < -0.4 is 0 Å². The van der Waals surface area contributed by atoms with Gasteiger partial charge in [-0.15, -0.1) is 0 Å². The minimum Gasteiger partial charge on any atom is -0.478 e. The van der Waals surface area contributed by atoms with Crippen LogP contribution in [0.2, 0.25) is 0 Å². The van der Waals surface area contributed by atoms with Crippen molar-refractivity contribution in [3.8, 4) is 0 Å². The van der Waals surface area contributed by atoms with Crippen molar-refractivity contribution >= 4 is 18.0 Å². The Hall–Kier alpha value is -2.20. The third-order valence-electron chi connectivity index (χ3n) is 1.84. The van der Waals surface area contributed by atoms with Gasteiger partial charge in [0.15, 0.2) is 0 Å². The zero-order chi connectivity index (χ0) is 14.7. The van der Waals surface area contributed by atoms with Gasteiger partial charge in [-0.1, -0.05) is 20.1 Å². The molecule has 0 radical (unpaired) electrons. The number of aliphatic imine (C=N–C) groups is 1. The number of ether oxygens (including phenoxy) is 1. The number of aliphatic carboxylic acids is 1. The summed E-state index contributed by atoms with van der Waals surface area (Å²) in [4.78, 5) is 33.5. The summed E-state index contributed by atoms with van der Waals surface area (Å²) >= 11 is 0. The lowest BCUT2D eigenvalue weighted by Crippen LogP contribution is -2.13. The fraction of sp³-hybridized carbons (Fsp3) is 0.417. The van der Waals surface area contributed by atoms with Crippen molar-refractivity contribution in [1.29, 1.82) is 0 Å². The Morgan fingerprint density at radius 1 is 1.44 bits per heavy atom. The summed E-state index contributed by atoms with van der Waals surface area (Å²) in [6.45, 7) is 10.1. The van der Waals surface area contributed by atoms with Gasteiger partial charge in [-0.3, -0.25) is 0 Å². The van der Waals surface area contributed by atoms with Crippen molar-refractivity contribution < 1.29 is 24.2 Å². The molecule has 0 spiro atoms. The molecule has 6 heteroatoms. The number of carboxylic acid groups (broad SMARTS) is 1. The van der Waals surface area contributed by atoms with Crippen LogP contribution >= 0.6 is 0 Å². The predicted molar refractivity (Wildman–Crippen MR) is 65.8 cm³/mol. The van der Waals surface area contributed by atoms with Crippen LogP contribution in [0.1, 0.15) is 13.8 Å². The van der Waals surface area contributed by atoms with Crippen molar-refractivity contribution in [2.75, 3.05) is 13.7 Å². The van der Waals surface area contributed by atoms with Gasteiger partial charge in [0.25, 0.3) is 0 Å². The van der Waals surface area contributed by atoms with E-state index in [2.05, 4.69) is 22.9 Å². The lowest BCUT2D eigenvalue weighted by molar-refractivity contribution is -0.136. The molecule has 0 bridgehead atoms. The molecule has 0 aliphatic carbocycles. The molecule has 1 atom stereocenters. The number of hydrogen-bond acceptors (Lipinski definition) is 5. The van der Waals surface area contributed by atoms with Crippen LogP contribution in [-0.2, 0) is 19.1 Å². The molecule has 0 aromatic carbocycles. The zero-order valence-electron chi connectivity index (χ0n) is 10.7. The van der Waals surface area contributed by atoms with E-state index in [1.165, 1.54) is 20.1 Å². The molecule has 0 amide bonds. The highest BCUT2D eigenvalue weighted by Gasteiger charge is 2.13. The van der Waals surface area contributed by atoms with Crippen LogP contribution in [0, 0.1) is 5.92 Å². The van der Waals surface area contributed by atoms with Crippen LogP contribution in [-0.4, -0.2) is 36.8 Å². The van der Waals surface area contributed by atoms with Gasteiger partial charge in [-0.2, -0.15) is 0 Å². The SMILES string of the molecule is C=C(C(=O)OC)C(C)CN=C=O.C=C(C)C(=O)O. The Morgan fingerprint density at radius 3 is 2.17 bits per heavy atom. The van der Waals surface area contributed by atoms with Gasteiger partial charge in [0.05, 0.1) is 13.7 Å². The van der Waals surface area contributed by atoms with E-state index in [1.807, 2.05) is 0 Å². The van der Waals surface area contributed by atoms with E-state index in [9.17, 15) is 14.4 Å². The molecule has 6 nitrogen and oxygen atoms in total. The number of isocyanates is 1. The van der Waals surface area contributed by atoms with Crippen molar-refractivity contribution in [3.63, 3.8) is 0 Å². The summed E-state index contributed by atoms with van der Waals surface area (Å²) in [7, 11) is 1.28. The normalized spacial score (nSPS) is 9.94. The standard InChI is InChI=1S/C8H11NO3.C4H6O2/c1-6(4-9-5-10)7(2)8(11)12-3;1-3(2)4(5)6/h6H,2,4H2,1,3H3;1H2,2H3,(H,5,6). The van der Waals surface area contributed by atoms with Crippen LogP contribution in [0.15, 0.2) is 29.3 Å². The first-order valence-corrected chi connectivity index (χ1v) is 4.97. The fourth-order valence-corrected chi connectivity index (χ4v) is 0.617. The smallest absolute Gasteiger partial charge is 0.333 e. The molecule has 0 heterocycles. The minimum atomic E-state index is -0.935. The van der Waals surface area contributed by atoms with Crippen LogP contribution in [0.3, 0.4) is 0 Å². The second kappa shape index (κ2) is 9.99. The number of esters is 1. The Labute approximate surface area is 106 Å². The van der Waals surface area contributed by atoms with E-state index in [0.29, 0.717) is 5.57 Å². The molecular weight excluding hydrogens is 238 g/mol. The molecule has 18 heavy (non-hydrogen) atoms. The number of hydrogen-bond donors (Lipinski definition) is 1. The average molecular weight is 255 g/mol. The van der Waals surface area contributed by atoms with Gasteiger partial charge < -0.3 is 9.84 Å². The van der Waals surface area contributed by atoms with Gasteiger partial charge >= 0.3 is 11.9 Å². The van der Waals surface area contributed by atoms with Crippen molar-refractivity contribution in [2.24, 2.45) is 10.9 Å². The molecule has 0 fully saturated rings. The summed E-state index contributed by atoms with van der Waals surface area (Å²) < 4.78 is 4.43. The molecular formula is C12H17NO5. The molecule has 0 saturated carbocycles. The lowest BCUT2D eigenvalue weighted by atomic mass is 10.0. The molecule has 0 saturated heterocycles. The number of rotatable bonds is 5. The van der Waals surface area contributed by atoms with Crippen LogP contribution in [0.25, 0.3) is 0 Å². The molecule has 0 aromatic rings. The largest absolute Gasteiger partial charge is 0.478 e. The van der Waals surface area contributed by atoms with Gasteiger partial charge in [-0.05, 0) is 6.92 Å². The molecule has 0 rings (SSSR count). The molecule has 0 aromatic heterocycles. The first-order chi connectivity index (χ1) is 8.27. The summed E-state index contributed by atoms with van der Waals surface area (Å²) in [5.41, 5.74) is 0.492. The maximum atomic E-state index is 10.9. The fourth-order valence-electron chi connectivity index (χ4n) is 0.617. The molecule has 0 aliphatic heterocycles. The van der Waals surface area contributed by atoms with Crippen molar-refractivity contribution in [2.45, 2.75) is 13.8 Å². The number of carbonyl (C=O) groups excluding carboxylic acids is 2. The second-order valence-corrected chi connectivity index (χ2v) is 3.44. The number of methoxy groups -OCH3 is 1. The Bertz CT molecular complexity index is 368. The minimum absolute atomic E-state index is 0.176. The van der Waals surface area contributed by atoms with Crippen molar-refractivity contribution in [3.05, 3.63) is 24.3 Å². The zero-order valence-corrected chi connectivity index (χ0v) is 10.7. The first-order valence-electron chi connectivity index (χ1n) is 4.97. The Balaban J connectivity index is 0. The molecule has 100 valence electrons. The maximum absolute atomic E-state index is 10.9. The number of carbonyl (C=O) groups is 2. The van der Waals surface area contributed by atoms with Gasteiger partial charge in [-0.25, -0.2) is 19.4 Å². The Morgan fingerprint density at radius 2 is 1.89 bits per heavy atom. The second-order valence-electron chi connectivity index (χ2n) is 3.44. The highest BCUT2D eigenvalue weighted by Crippen LogP contribution is 2.09. The van der Waals surface area contributed by atoms with Gasteiger partial charge in [0.2, 0.25) is 6.08 Å². The first kappa shape index (κ1) is 18.2. The lowest BCUT2D eigenvalue weighted by Gasteiger charge is -2.08. The predicted octanol–water partition coefficient (Wildman–Crippen LogP) is 1.33. The van der Waals surface area contributed by atoms with Crippen LogP contribution in [0.4, 0.5) is 0 Å². The summed E-state index contributed by atoms with van der Waals surface area (Å²) in [5.74, 6) is -1.59. The van der Waals surface area contributed by atoms with E-state index in [1.54, 1.807) is 6.92 Å². The Kier molecular flexibility index (Phi) is 10.1. The topological polar surface area (TPSA) is 93.0 Å². The third kappa shape index (κ3) is 9.06. The van der Waals surface area contributed by atoms with Gasteiger partial charge in [0, 0.05) is 17.1 Å². The van der Waals surface area contributed by atoms with E-state index in [-0.39, 0.29) is 18.0 Å². The molecule has 1 unspecified atom stereocenters. The third-order valence-corrected chi connectivity index (χ3v) is 1.84. The van der Waals surface area contributed by atoms with Crippen molar-refractivity contribution in [1.82, 2.24) is 0 Å². The average Bonchev–Trinajstić information content (AvgIpc) is 2.34. The molecule has 0 aliphatic rings. The van der Waals surface area contributed by atoms with Gasteiger partial charge in [0.1, 0.15) is 0 Å².